The minimum Gasteiger partial charge on any atom is -0.396 e. The van der Waals surface area contributed by atoms with Gasteiger partial charge < -0.3 is 24.6 Å². The third-order valence-corrected chi connectivity index (χ3v) is 3.74. The van der Waals surface area contributed by atoms with E-state index in [2.05, 4.69) is 38.3 Å². The van der Waals surface area contributed by atoms with Gasteiger partial charge in [0.25, 0.3) is 0 Å². The third-order valence-electron chi connectivity index (χ3n) is 3.34. The zero-order valence-electron chi connectivity index (χ0n) is 14.8. The van der Waals surface area contributed by atoms with Crippen molar-refractivity contribution in [3.05, 3.63) is 0 Å². The lowest BCUT2D eigenvalue weighted by molar-refractivity contribution is 0.00511. The molecule has 0 spiro atoms. The molecule has 7 heteroatoms. The Labute approximate surface area is 155 Å². The van der Waals surface area contributed by atoms with E-state index in [1.165, 1.54) is 12.8 Å². The highest BCUT2D eigenvalue weighted by atomic mass is 127. The zero-order valence-corrected chi connectivity index (χ0v) is 16.9. The molecule has 2 N–H and O–H groups in total. The van der Waals surface area contributed by atoms with Gasteiger partial charge in [-0.2, -0.15) is 0 Å². The first kappa shape index (κ1) is 23.5. The number of hydrogen-bond acceptors (Lipinski definition) is 6. The molecule has 0 aliphatic carbocycles. The van der Waals surface area contributed by atoms with Crippen molar-refractivity contribution in [1.82, 2.24) is 8.43 Å². The van der Waals surface area contributed by atoms with Crippen LogP contribution in [0.4, 0.5) is 0 Å². The summed E-state index contributed by atoms with van der Waals surface area (Å²) in [4.78, 5) is 0. The Morgan fingerprint density at radius 3 is 2.26 bits per heavy atom. The molecule has 0 aliphatic rings. The predicted molar refractivity (Wildman–Crippen MR) is 102 cm³/mol. The Morgan fingerprint density at radius 2 is 1.65 bits per heavy atom. The maximum absolute atomic E-state index is 8.64. The highest BCUT2D eigenvalue weighted by molar-refractivity contribution is 14.1. The van der Waals surface area contributed by atoms with E-state index in [1.807, 2.05) is 7.05 Å². The molecule has 0 aromatic rings. The minimum atomic E-state index is 0.237. The summed E-state index contributed by atoms with van der Waals surface area (Å²) >= 11 is 2.32. The van der Waals surface area contributed by atoms with Gasteiger partial charge in [0, 0.05) is 42.6 Å². The Bertz CT molecular complexity index is 236. The average Bonchev–Trinajstić information content (AvgIpc) is 2.52. The SMILES string of the molecule is CNCCCC(COCCOCCOCCCCO)CN(C)I. The van der Waals surface area contributed by atoms with Gasteiger partial charge in [0.2, 0.25) is 0 Å². The second-order valence-electron chi connectivity index (χ2n) is 5.63. The molecular weight excluding hydrogens is 411 g/mol. The fraction of sp³-hybridized carbons (Fsp3) is 1.00. The van der Waals surface area contributed by atoms with Gasteiger partial charge in [0.1, 0.15) is 0 Å². The number of unbranched alkanes of at least 4 members (excludes halogenated alkanes) is 1. The molecule has 0 amide bonds. The molecule has 1 unspecified atom stereocenters. The summed E-state index contributed by atoms with van der Waals surface area (Å²) in [5, 5.41) is 11.8. The summed E-state index contributed by atoms with van der Waals surface area (Å²) < 4.78 is 18.8. The lowest BCUT2D eigenvalue weighted by Gasteiger charge is -2.20. The van der Waals surface area contributed by atoms with E-state index >= 15 is 0 Å². The van der Waals surface area contributed by atoms with Crippen LogP contribution in [0.25, 0.3) is 0 Å². The lowest BCUT2D eigenvalue weighted by atomic mass is 10.0. The largest absolute Gasteiger partial charge is 0.396 e. The molecule has 0 saturated carbocycles. The van der Waals surface area contributed by atoms with Crippen molar-refractivity contribution in [3.63, 3.8) is 0 Å². The molecule has 0 radical (unpaired) electrons. The molecule has 0 aromatic heterocycles. The van der Waals surface area contributed by atoms with E-state index in [1.54, 1.807) is 0 Å². The van der Waals surface area contributed by atoms with Crippen LogP contribution in [-0.4, -0.2) is 81.7 Å². The van der Waals surface area contributed by atoms with Gasteiger partial charge in [0.15, 0.2) is 0 Å². The fourth-order valence-corrected chi connectivity index (χ4v) is 2.71. The van der Waals surface area contributed by atoms with Gasteiger partial charge in [-0.05, 0) is 52.2 Å². The minimum absolute atomic E-state index is 0.237. The first-order valence-electron chi connectivity index (χ1n) is 8.56. The second-order valence-corrected chi connectivity index (χ2v) is 7.28. The molecule has 0 bridgehead atoms. The van der Waals surface area contributed by atoms with Crippen LogP contribution in [-0.2, 0) is 14.2 Å². The maximum Gasteiger partial charge on any atom is 0.0701 e. The highest BCUT2D eigenvalue weighted by Crippen LogP contribution is 2.11. The zero-order chi connectivity index (χ0) is 17.2. The molecule has 0 aliphatic heterocycles. The molecule has 0 fully saturated rings. The summed E-state index contributed by atoms with van der Waals surface area (Å²) in [6.45, 7) is 6.29. The summed E-state index contributed by atoms with van der Waals surface area (Å²) in [6, 6.07) is 0. The Hall–Kier alpha value is 0.490. The van der Waals surface area contributed by atoms with Crippen molar-refractivity contribution in [2.45, 2.75) is 25.7 Å². The van der Waals surface area contributed by atoms with Crippen LogP contribution in [0.2, 0.25) is 0 Å². The number of ether oxygens (including phenoxy) is 3. The van der Waals surface area contributed by atoms with Crippen LogP contribution in [0.3, 0.4) is 0 Å². The van der Waals surface area contributed by atoms with Gasteiger partial charge >= 0.3 is 0 Å². The van der Waals surface area contributed by atoms with E-state index in [4.69, 9.17) is 19.3 Å². The summed E-state index contributed by atoms with van der Waals surface area (Å²) in [5.74, 6) is 0.570. The number of halogens is 1. The third kappa shape index (κ3) is 18.7. The molecule has 23 heavy (non-hydrogen) atoms. The molecule has 0 rings (SSSR count). The standard InChI is InChI=1S/C16H35IN2O4/c1-18-7-5-6-16(14-19(2)17)15-23-13-12-22-11-10-21-9-4-3-8-20/h16,18,20H,3-15H2,1-2H3. The molecule has 1 atom stereocenters. The smallest absolute Gasteiger partial charge is 0.0701 e. The fourth-order valence-electron chi connectivity index (χ4n) is 2.16. The molecule has 6 nitrogen and oxygen atoms in total. The van der Waals surface area contributed by atoms with E-state index in [9.17, 15) is 0 Å². The number of aliphatic hydroxyl groups excluding tert-OH is 1. The summed E-state index contributed by atoms with van der Waals surface area (Å²) in [5.41, 5.74) is 0. The number of rotatable bonds is 18. The molecule has 140 valence electrons. The first-order valence-corrected chi connectivity index (χ1v) is 9.52. The van der Waals surface area contributed by atoms with E-state index in [-0.39, 0.29) is 6.61 Å². The molecule has 0 aromatic carbocycles. The van der Waals surface area contributed by atoms with Crippen LogP contribution >= 0.6 is 22.9 Å². The van der Waals surface area contributed by atoms with Crippen LogP contribution in [0.1, 0.15) is 25.7 Å². The Kier molecular flexibility index (Phi) is 19.2. The van der Waals surface area contributed by atoms with Crippen LogP contribution < -0.4 is 5.32 Å². The van der Waals surface area contributed by atoms with Gasteiger partial charge in [0.05, 0.1) is 33.0 Å². The Morgan fingerprint density at radius 1 is 1.00 bits per heavy atom. The molecule has 0 heterocycles. The summed E-state index contributed by atoms with van der Waals surface area (Å²) in [7, 11) is 4.08. The van der Waals surface area contributed by atoms with Gasteiger partial charge in [-0.1, -0.05) is 0 Å². The van der Waals surface area contributed by atoms with Crippen LogP contribution in [0, 0.1) is 5.92 Å². The van der Waals surface area contributed by atoms with Crippen molar-refractivity contribution in [2.24, 2.45) is 5.92 Å². The maximum atomic E-state index is 8.64. The van der Waals surface area contributed by atoms with Crippen LogP contribution in [0.5, 0.6) is 0 Å². The quantitative estimate of drug-likeness (QED) is 0.190. The van der Waals surface area contributed by atoms with Gasteiger partial charge in [-0.3, -0.25) is 3.11 Å². The second kappa shape index (κ2) is 18.8. The normalized spacial score (nSPS) is 12.9. The van der Waals surface area contributed by atoms with E-state index in [0.29, 0.717) is 39.0 Å². The van der Waals surface area contributed by atoms with E-state index < -0.39 is 0 Å². The van der Waals surface area contributed by atoms with Crippen molar-refractivity contribution >= 4 is 22.9 Å². The number of hydrogen-bond donors (Lipinski definition) is 2. The predicted octanol–water partition coefficient (Wildman–Crippen LogP) is 1.71. The van der Waals surface area contributed by atoms with Crippen molar-refractivity contribution in [3.8, 4) is 0 Å². The van der Waals surface area contributed by atoms with Crippen molar-refractivity contribution in [2.75, 3.05) is 73.4 Å². The van der Waals surface area contributed by atoms with Crippen LogP contribution in [0.15, 0.2) is 0 Å². The Balaban J connectivity index is 3.43. The monoisotopic (exact) mass is 446 g/mol. The highest BCUT2D eigenvalue weighted by Gasteiger charge is 2.10. The lowest BCUT2D eigenvalue weighted by Crippen LogP contribution is -2.24. The molecular formula is C16H35IN2O4. The number of nitrogens with zero attached hydrogens (tertiary/aromatic N) is 1. The van der Waals surface area contributed by atoms with Gasteiger partial charge in [-0.15, -0.1) is 0 Å². The number of nitrogens with one attached hydrogen (secondary N) is 1. The molecule has 0 saturated heterocycles. The number of aliphatic hydroxyl groups is 1. The van der Waals surface area contributed by atoms with E-state index in [0.717, 1.165) is 32.5 Å². The van der Waals surface area contributed by atoms with Gasteiger partial charge in [-0.25, -0.2) is 0 Å². The first-order chi connectivity index (χ1) is 11.2. The van der Waals surface area contributed by atoms with Crippen molar-refractivity contribution in [1.29, 1.82) is 0 Å². The average molecular weight is 446 g/mol. The topological polar surface area (TPSA) is 63.2 Å². The van der Waals surface area contributed by atoms with Crippen molar-refractivity contribution < 1.29 is 19.3 Å². The summed E-state index contributed by atoms with van der Waals surface area (Å²) in [6.07, 6.45) is 4.06.